The van der Waals surface area contributed by atoms with Gasteiger partial charge in [0.15, 0.2) is 5.65 Å². The van der Waals surface area contributed by atoms with Gasteiger partial charge in [-0.15, -0.1) is 0 Å². The van der Waals surface area contributed by atoms with Gasteiger partial charge in [0.1, 0.15) is 11.3 Å². The van der Waals surface area contributed by atoms with Crippen LogP contribution in [0.1, 0.15) is 52.0 Å². The van der Waals surface area contributed by atoms with Crippen LogP contribution in [0.2, 0.25) is 5.02 Å². The van der Waals surface area contributed by atoms with Gasteiger partial charge in [0.25, 0.3) is 0 Å². The Kier molecular flexibility index (Phi) is 6.45. The van der Waals surface area contributed by atoms with Gasteiger partial charge in [-0.05, 0) is 51.2 Å². The quantitative estimate of drug-likeness (QED) is 0.468. The summed E-state index contributed by atoms with van der Waals surface area (Å²) in [4.78, 5) is 25.4. The highest BCUT2D eigenvalue weighted by Gasteiger charge is 2.29. The van der Waals surface area contributed by atoms with Crippen molar-refractivity contribution in [1.29, 1.82) is 0 Å². The second-order valence-corrected chi connectivity index (χ2v) is 8.70. The summed E-state index contributed by atoms with van der Waals surface area (Å²) in [7, 11) is 0. The van der Waals surface area contributed by atoms with Gasteiger partial charge in [0, 0.05) is 18.0 Å². The van der Waals surface area contributed by atoms with E-state index < -0.39 is 5.82 Å². The summed E-state index contributed by atoms with van der Waals surface area (Å²) < 4.78 is 16.4. The lowest BCUT2D eigenvalue weighted by molar-refractivity contribution is -0.122. The van der Waals surface area contributed by atoms with Crippen LogP contribution in [0.15, 0.2) is 24.4 Å². The van der Waals surface area contributed by atoms with E-state index in [9.17, 15) is 9.18 Å². The van der Waals surface area contributed by atoms with E-state index in [-0.39, 0.29) is 34.6 Å². The van der Waals surface area contributed by atoms with E-state index in [1.165, 1.54) is 6.07 Å². The predicted molar refractivity (Wildman–Crippen MR) is 124 cm³/mol. The Hall–Kier alpha value is -2.94. The van der Waals surface area contributed by atoms with Gasteiger partial charge in [0.05, 0.1) is 16.9 Å². The van der Waals surface area contributed by atoms with Gasteiger partial charge in [0.2, 0.25) is 17.8 Å². The highest BCUT2D eigenvalue weighted by molar-refractivity contribution is 6.33. The first-order valence-electron chi connectivity index (χ1n) is 10.9. The summed E-state index contributed by atoms with van der Waals surface area (Å²) in [6.07, 6.45) is 5.42. The molecule has 1 aliphatic rings. The van der Waals surface area contributed by atoms with E-state index in [0.29, 0.717) is 35.9 Å². The number of fused-ring (bicyclic) bond motifs is 1. The lowest BCUT2D eigenvalue weighted by atomic mass is 9.85. The highest BCUT2D eigenvalue weighted by Crippen LogP contribution is 2.38. The second-order valence-electron chi connectivity index (χ2n) is 8.29. The zero-order valence-corrected chi connectivity index (χ0v) is 18.9. The Morgan fingerprint density at radius 2 is 2.06 bits per heavy atom. The Bertz CT molecular complexity index is 1110. The number of primary amides is 1. The van der Waals surface area contributed by atoms with Crippen LogP contribution in [0.4, 0.5) is 22.0 Å². The summed E-state index contributed by atoms with van der Waals surface area (Å²) in [6.45, 7) is 4.14. The fourth-order valence-electron chi connectivity index (χ4n) is 4.06. The van der Waals surface area contributed by atoms with E-state index in [1.807, 2.05) is 4.57 Å². The number of nitrogens with two attached hydrogens (primary N) is 1. The average Bonchev–Trinajstić information content (AvgIpc) is 3.13. The normalized spacial score (nSPS) is 19.6. The predicted octanol–water partition coefficient (Wildman–Crippen LogP) is 4.79. The molecule has 8 nitrogen and oxygen atoms in total. The number of para-hydroxylation sites is 1. The number of amides is 1. The highest BCUT2D eigenvalue weighted by atomic mass is 35.5. The third-order valence-corrected chi connectivity index (χ3v) is 6.40. The zero-order chi connectivity index (χ0) is 22.8. The molecule has 1 atom stereocenters. The van der Waals surface area contributed by atoms with Crippen molar-refractivity contribution in [2.45, 2.75) is 58.0 Å². The molecule has 0 bridgehead atoms. The molecule has 1 aliphatic carbocycles. The Morgan fingerprint density at radius 1 is 1.31 bits per heavy atom. The minimum absolute atomic E-state index is 0.0231. The number of halogens is 2. The van der Waals surface area contributed by atoms with Crippen molar-refractivity contribution in [3.05, 3.63) is 35.2 Å². The number of imidazole rings is 1. The van der Waals surface area contributed by atoms with Gasteiger partial charge in [-0.1, -0.05) is 24.6 Å². The smallest absolute Gasteiger partial charge is 0.224 e. The minimum atomic E-state index is -0.473. The number of rotatable bonds is 7. The fraction of sp³-hybridized carbons (Fsp3) is 0.455. The molecule has 10 heteroatoms. The number of benzene rings is 1. The van der Waals surface area contributed by atoms with Crippen LogP contribution < -0.4 is 16.4 Å². The van der Waals surface area contributed by atoms with Crippen molar-refractivity contribution in [2.24, 2.45) is 11.7 Å². The van der Waals surface area contributed by atoms with Gasteiger partial charge in [-0.25, -0.2) is 14.4 Å². The van der Waals surface area contributed by atoms with Crippen LogP contribution in [-0.2, 0) is 4.79 Å². The van der Waals surface area contributed by atoms with Crippen LogP contribution in [-0.4, -0.2) is 31.5 Å². The summed E-state index contributed by atoms with van der Waals surface area (Å²) in [6, 6.07) is 4.74. The van der Waals surface area contributed by atoms with Crippen LogP contribution in [0, 0.1) is 11.7 Å². The standard InChI is InChI=1S/C22H27ClFN7O/c1-3-12(2)27-21-26-11-17-20(30-21)31(14-9-7-13(8-10-14)19(25)32)22(28-17)29-18-15(23)5-4-6-16(18)24/h4-6,11-14H,3,7-10H2,1-2H3,(H2,25,32)(H,28,29)(H,26,27,30)/t12-,13?,14?/m0/s1. The van der Waals surface area contributed by atoms with E-state index in [0.717, 1.165) is 19.3 Å². The van der Waals surface area contributed by atoms with Gasteiger partial charge in [-0.3, -0.25) is 9.36 Å². The topological polar surface area (TPSA) is 111 Å². The molecule has 0 unspecified atom stereocenters. The summed E-state index contributed by atoms with van der Waals surface area (Å²) >= 11 is 6.24. The molecule has 3 aromatic rings. The largest absolute Gasteiger partial charge is 0.369 e. The molecule has 0 aliphatic heterocycles. The molecule has 32 heavy (non-hydrogen) atoms. The number of aromatic nitrogens is 4. The summed E-state index contributed by atoms with van der Waals surface area (Å²) in [5, 5.41) is 6.61. The first-order valence-corrected chi connectivity index (χ1v) is 11.3. The lowest BCUT2D eigenvalue weighted by Crippen LogP contribution is -2.29. The number of carbonyl (C=O) groups excluding carboxylic acids is 1. The lowest BCUT2D eigenvalue weighted by Gasteiger charge is -2.29. The molecule has 1 fully saturated rings. The van der Waals surface area contributed by atoms with E-state index >= 15 is 0 Å². The summed E-state index contributed by atoms with van der Waals surface area (Å²) in [5.74, 6) is 0.0751. The van der Waals surface area contributed by atoms with E-state index in [1.54, 1.807) is 18.3 Å². The van der Waals surface area contributed by atoms with Crippen LogP contribution >= 0.6 is 11.6 Å². The molecular formula is C22H27ClFN7O. The Labute approximate surface area is 190 Å². The molecule has 170 valence electrons. The molecule has 0 radical (unpaired) electrons. The number of nitrogens with zero attached hydrogens (tertiary/aromatic N) is 4. The molecule has 0 spiro atoms. The molecule has 1 amide bonds. The maximum atomic E-state index is 14.5. The minimum Gasteiger partial charge on any atom is -0.369 e. The van der Waals surface area contributed by atoms with Gasteiger partial charge in [-0.2, -0.15) is 4.98 Å². The second kappa shape index (κ2) is 9.28. The SMILES string of the molecule is CC[C@H](C)Nc1ncc2nc(Nc3c(F)cccc3Cl)n(C3CCC(C(N)=O)CC3)c2n1. The molecule has 1 aromatic carbocycles. The number of hydrogen-bond acceptors (Lipinski definition) is 6. The summed E-state index contributed by atoms with van der Waals surface area (Å²) in [5.41, 5.74) is 6.90. The molecule has 2 aromatic heterocycles. The van der Waals surface area contributed by atoms with Crippen LogP contribution in [0.25, 0.3) is 11.2 Å². The number of hydrogen-bond donors (Lipinski definition) is 3. The molecule has 4 rings (SSSR count). The van der Waals surface area contributed by atoms with Crippen molar-refractivity contribution >= 4 is 46.3 Å². The maximum absolute atomic E-state index is 14.5. The van der Waals surface area contributed by atoms with E-state index in [4.69, 9.17) is 22.3 Å². The monoisotopic (exact) mass is 459 g/mol. The Balaban J connectivity index is 1.76. The van der Waals surface area contributed by atoms with Gasteiger partial charge >= 0.3 is 0 Å². The third-order valence-electron chi connectivity index (χ3n) is 6.08. The van der Waals surface area contributed by atoms with Crippen molar-refractivity contribution in [1.82, 2.24) is 19.5 Å². The zero-order valence-electron chi connectivity index (χ0n) is 18.1. The third kappa shape index (κ3) is 4.48. The van der Waals surface area contributed by atoms with Crippen molar-refractivity contribution in [3.63, 3.8) is 0 Å². The average molecular weight is 460 g/mol. The van der Waals surface area contributed by atoms with Crippen molar-refractivity contribution in [3.8, 4) is 0 Å². The molecule has 4 N–H and O–H groups in total. The number of anilines is 3. The van der Waals surface area contributed by atoms with Crippen molar-refractivity contribution < 1.29 is 9.18 Å². The Morgan fingerprint density at radius 3 is 2.72 bits per heavy atom. The number of carbonyl (C=O) groups is 1. The molecule has 2 heterocycles. The molecular weight excluding hydrogens is 433 g/mol. The maximum Gasteiger partial charge on any atom is 0.224 e. The fourth-order valence-corrected chi connectivity index (χ4v) is 4.27. The van der Waals surface area contributed by atoms with Crippen LogP contribution in [0.3, 0.4) is 0 Å². The number of nitrogens with one attached hydrogen (secondary N) is 2. The van der Waals surface area contributed by atoms with E-state index in [2.05, 4.69) is 34.4 Å². The molecule has 1 saturated carbocycles. The first-order chi connectivity index (χ1) is 15.4. The van der Waals surface area contributed by atoms with Gasteiger partial charge < -0.3 is 16.4 Å². The molecule has 0 saturated heterocycles. The first kappa shape index (κ1) is 22.3. The van der Waals surface area contributed by atoms with Crippen molar-refractivity contribution in [2.75, 3.05) is 10.6 Å². The van der Waals surface area contributed by atoms with Crippen LogP contribution in [0.5, 0.6) is 0 Å².